The van der Waals surface area contributed by atoms with Crippen LogP contribution in [0.4, 0.5) is 17.1 Å². The summed E-state index contributed by atoms with van der Waals surface area (Å²) in [6.07, 6.45) is 0. The third-order valence-corrected chi connectivity index (χ3v) is 14.6. The maximum absolute atomic E-state index is 6.95. The Balaban J connectivity index is 0.933. The van der Waals surface area contributed by atoms with Crippen LogP contribution in [-0.4, -0.2) is 0 Å². The van der Waals surface area contributed by atoms with Crippen LogP contribution in [0, 0.1) is 0 Å². The van der Waals surface area contributed by atoms with Crippen molar-refractivity contribution >= 4 is 60.9 Å². The molecule has 1 aliphatic rings. The van der Waals surface area contributed by atoms with E-state index in [-0.39, 0.29) is 0 Å². The number of hydrogen-bond donors (Lipinski definition) is 0. The van der Waals surface area contributed by atoms with Crippen LogP contribution in [0.25, 0.3) is 88.4 Å². The zero-order chi connectivity index (χ0) is 46.2. The van der Waals surface area contributed by atoms with Crippen LogP contribution in [0.2, 0.25) is 0 Å². The van der Waals surface area contributed by atoms with E-state index in [0.717, 1.165) is 94.3 Å². The van der Waals surface area contributed by atoms with Gasteiger partial charge in [-0.15, -0.1) is 0 Å². The molecule has 2 heterocycles. The third kappa shape index (κ3) is 6.08. The molecule has 0 aliphatic heterocycles. The molecular formula is C67H43NO2. The highest BCUT2D eigenvalue weighted by molar-refractivity contribution is 6.23. The molecule has 0 fully saturated rings. The van der Waals surface area contributed by atoms with E-state index in [0.29, 0.717) is 0 Å². The minimum Gasteiger partial charge on any atom is -0.456 e. The van der Waals surface area contributed by atoms with Gasteiger partial charge in [-0.2, -0.15) is 0 Å². The number of nitrogens with zero attached hydrogens (tertiary/aromatic N) is 1. The smallest absolute Gasteiger partial charge is 0.144 e. The summed E-state index contributed by atoms with van der Waals surface area (Å²) >= 11 is 0. The number of benzene rings is 11. The molecule has 0 atom stereocenters. The summed E-state index contributed by atoms with van der Waals surface area (Å²) in [4.78, 5) is 2.43. The lowest BCUT2D eigenvalue weighted by molar-refractivity contribution is 0.664. The lowest BCUT2D eigenvalue weighted by Crippen LogP contribution is -2.28. The fourth-order valence-electron chi connectivity index (χ4n) is 11.5. The van der Waals surface area contributed by atoms with Crippen LogP contribution in [0.15, 0.2) is 270 Å². The summed E-state index contributed by atoms with van der Waals surface area (Å²) in [5, 5.41) is 4.24. The molecule has 2 aromatic heterocycles. The number of fused-ring (bicyclic) bond motifs is 9. The molecule has 0 saturated carbocycles. The summed E-state index contributed by atoms with van der Waals surface area (Å²) in [5.41, 5.74) is 20.3. The summed E-state index contributed by atoms with van der Waals surface area (Å²) in [7, 11) is 0. The Hall–Kier alpha value is -9.18. The molecule has 3 heteroatoms. The number of hydrogen-bond acceptors (Lipinski definition) is 3. The molecule has 3 nitrogen and oxygen atoms in total. The molecule has 11 aromatic carbocycles. The Morgan fingerprint density at radius 1 is 0.314 bits per heavy atom. The topological polar surface area (TPSA) is 29.5 Å². The van der Waals surface area contributed by atoms with Gasteiger partial charge in [-0.3, -0.25) is 0 Å². The van der Waals surface area contributed by atoms with Crippen LogP contribution in [0.3, 0.4) is 0 Å². The van der Waals surface area contributed by atoms with E-state index in [1.807, 2.05) is 12.1 Å². The highest BCUT2D eigenvalue weighted by atomic mass is 16.3. The maximum atomic E-state index is 6.95. The highest BCUT2D eigenvalue weighted by Gasteiger charge is 2.46. The fraction of sp³-hybridized carbons (Fsp3) is 0.0149. The lowest BCUT2D eigenvalue weighted by atomic mass is 9.67. The lowest BCUT2D eigenvalue weighted by Gasteiger charge is -2.35. The average Bonchev–Trinajstić information content (AvgIpc) is 4.09. The minimum atomic E-state index is -0.534. The molecular weight excluding hydrogens is 851 g/mol. The molecule has 14 rings (SSSR count). The number of rotatable bonds is 8. The second-order valence-corrected chi connectivity index (χ2v) is 18.3. The van der Waals surface area contributed by atoms with Gasteiger partial charge in [0.15, 0.2) is 0 Å². The molecule has 328 valence electrons. The van der Waals surface area contributed by atoms with Crippen LogP contribution in [-0.2, 0) is 5.41 Å². The molecule has 0 saturated heterocycles. The van der Waals surface area contributed by atoms with Gasteiger partial charge in [-0.25, -0.2) is 0 Å². The predicted octanol–water partition coefficient (Wildman–Crippen LogP) is 18.3. The van der Waals surface area contributed by atoms with E-state index in [1.54, 1.807) is 0 Å². The van der Waals surface area contributed by atoms with Crippen LogP contribution in [0.1, 0.15) is 22.3 Å². The van der Waals surface area contributed by atoms with Crippen LogP contribution in [0.5, 0.6) is 0 Å². The van der Waals surface area contributed by atoms with Crippen molar-refractivity contribution in [3.8, 4) is 44.5 Å². The molecule has 0 bridgehead atoms. The summed E-state index contributed by atoms with van der Waals surface area (Å²) in [6, 6.07) is 94.2. The van der Waals surface area contributed by atoms with Gasteiger partial charge in [0, 0.05) is 44.0 Å². The van der Waals surface area contributed by atoms with E-state index in [4.69, 9.17) is 8.83 Å². The zero-order valence-electron chi connectivity index (χ0n) is 38.1. The van der Waals surface area contributed by atoms with E-state index < -0.39 is 5.41 Å². The molecule has 0 N–H and O–H groups in total. The third-order valence-electron chi connectivity index (χ3n) is 14.6. The Bertz CT molecular complexity index is 4060. The van der Waals surface area contributed by atoms with Crippen molar-refractivity contribution in [1.82, 2.24) is 0 Å². The molecule has 13 aromatic rings. The van der Waals surface area contributed by atoms with Crippen LogP contribution < -0.4 is 4.90 Å². The maximum Gasteiger partial charge on any atom is 0.144 e. The summed E-state index contributed by atoms with van der Waals surface area (Å²) < 4.78 is 13.5. The molecule has 70 heavy (non-hydrogen) atoms. The van der Waals surface area contributed by atoms with Gasteiger partial charge in [0.2, 0.25) is 0 Å². The number of anilines is 3. The quantitative estimate of drug-likeness (QED) is 0.152. The Labute approximate surface area is 405 Å². The SMILES string of the molecule is c1ccc(-c2ccccc2N(c2ccc(-c3ccc4c(c3)oc3c(-c5ccccc5)c5c(cc34)oc3ccccc35)cc2)c2ccc3c(c2)C(c2ccccc2)(c2ccccc2)c2ccccc2-3)cc1. The second-order valence-electron chi connectivity index (χ2n) is 18.3. The number of furan rings is 2. The fourth-order valence-corrected chi connectivity index (χ4v) is 11.5. The molecule has 0 amide bonds. The Kier molecular flexibility index (Phi) is 9.11. The van der Waals surface area contributed by atoms with E-state index in [1.165, 1.54) is 33.4 Å². The van der Waals surface area contributed by atoms with Crippen molar-refractivity contribution < 1.29 is 8.83 Å². The molecule has 0 unspecified atom stereocenters. The second kappa shape index (κ2) is 16.0. The van der Waals surface area contributed by atoms with E-state index in [9.17, 15) is 0 Å². The van der Waals surface area contributed by atoms with E-state index >= 15 is 0 Å². The van der Waals surface area contributed by atoms with Gasteiger partial charge >= 0.3 is 0 Å². The average molecular weight is 894 g/mol. The van der Waals surface area contributed by atoms with Crippen molar-refractivity contribution in [2.24, 2.45) is 0 Å². The van der Waals surface area contributed by atoms with Crippen LogP contribution >= 0.6 is 0 Å². The monoisotopic (exact) mass is 893 g/mol. The van der Waals surface area contributed by atoms with Crippen molar-refractivity contribution in [1.29, 1.82) is 0 Å². The summed E-state index contributed by atoms with van der Waals surface area (Å²) in [6.45, 7) is 0. The Morgan fingerprint density at radius 3 is 1.64 bits per heavy atom. The van der Waals surface area contributed by atoms with Gasteiger partial charge < -0.3 is 13.7 Å². The first-order valence-corrected chi connectivity index (χ1v) is 24.0. The van der Waals surface area contributed by atoms with Gasteiger partial charge in [0.1, 0.15) is 22.3 Å². The first-order chi connectivity index (χ1) is 34.7. The van der Waals surface area contributed by atoms with Crippen molar-refractivity contribution in [2.75, 3.05) is 4.90 Å². The Morgan fingerprint density at radius 2 is 0.900 bits per heavy atom. The van der Waals surface area contributed by atoms with Crippen molar-refractivity contribution in [3.63, 3.8) is 0 Å². The first-order valence-electron chi connectivity index (χ1n) is 24.0. The zero-order valence-corrected chi connectivity index (χ0v) is 38.1. The normalized spacial score (nSPS) is 12.7. The molecule has 0 radical (unpaired) electrons. The van der Waals surface area contributed by atoms with Crippen molar-refractivity contribution in [3.05, 3.63) is 283 Å². The largest absolute Gasteiger partial charge is 0.456 e. The summed E-state index contributed by atoms with van der Waals surface area (Å²) in [5.74, 6) is 0. The van der Waals surface area contributed by atoms with Gasteiger partial charge in [0.25, 0.3) is 0 Å². The minimum absolute atomic E-state index is 0.534. The molecule has 0 spiro atoms. The van der Waals surface area contributed by atoms with E-state index in [2.05, 4.69) is 254 Å². The van der Waals surface area contributed by atoms with Crippen molar-refractivity contribution in [2.45, 2.75) is 5.41 Å². The predicted molar refractivity (Wildman–Crippen MR) is 289 cm³/mol. The number of para-hydroxylation sites is 2. The highest BCUT2D eigenvalue weighted by Crippen LogP contribution is 2.57. The van der Waals surface area contributed by atoms with Gasteiger partial charge in [0.05, 0.1) is 11.1 Å². The van der Waals surface area contributed by atoms with Gasteiger partial charge in [-0.1, -0.05) is 206 Å². The molecule has 1 aliphatic carbocycles. The standard InChI is InChI=1S/C67H43NO2/c1-5-19-45(20-6-1)52-27-14-17-31-60(52)68(51-38-40-54-53-28-13-16-30-58(53)67(59(54)42-51,48-23-9-3-10-24-48)49-25-11-4-12-26-49)50-36-33-44(34-37-50)47-35-39-55-57-43-63-65(56-29-15-18-32-61(56)69-63)64(46-21-7-2-8-22-46)66(57)70-62(55)41-47/h1-43H. The van der Waals surface area contributed by atoms with Gasteiger partial charge in [-0.05, 0) is 110 Å². The first kappa shape index (κ1) is 39.9.